The number of hydrogen-bond acceptors (Lipinski definition) is 5. The molecule has 1 aliphatic rings. The summed E-state index contributed by atoms with van der Waals surface area (Å²) in [4.78, 5) is 32.3. The molecule has 1 N–H and O–H groups in total. The Hall–Kier alpha value is -2.19. The van der Waals surface area contributed by atoms with E-state index in [1.165, 1.54) is 18.4 Å². The van der Waals surface area contributed by atoms with Crippen LogP contribution in [-0.2, 0) is 22.6 Å². The summed E-state index contributed by atoms with van der Waals surface area (Å²) >= 11 is 1.46. The minimum absolute atomic E-state index is 0.00206. The van der Waals surface area contributed by atoms with E-state index in [0.29, 0.717) is 11.4 Å². The van der Waals surface area contributed by atoms with Gasteiger partial charge in [0.25, 0.3) is 5.91 Å². The van der Waals surface area contributed by atoms with Crippen molar-refractivity contribution in [2.75, 3.05) is 20.3 Å². The number of rotatable bonds is 7. The van der Waals surface area contributed by atoms with Crippen molar-refractivity contribution >= 4 is 23.2 Å². The van der Waals surface area contributed by atoms with Gasteiger partial charge in [-0.15, -0.1) is 11.3 Å². The van der Waals surface area contributed by atoms with Crippen LogP contribution in [0.4, 0.5) is 0 Å². The summed E-state index contributed by atoms with van der Waals surface area (Å²) in [6, 6.07) is 3.84. The summed E-state index contributed by atoms with van der Waals surface area (Å²) in [5, 5.41) is 2.94. The molecular weight excluding hydrogens is 352 g/mol. The molecule has 0 saturated carbocycles. The standard InChI is InChI=1S/C18H24N4O3S/c1-3-21-12-19-9-13(21)10-20-18(24)16-7-6-15(26-16)14-5-4-8-22(14)17(23)11-25-2/h6-7,9,12,14H,3-5,8,10-11H2,1-2H3,(H,20,24)/t14-/m0/s1. The maximum absolute atomic E-state index is 12.5. The number of nitrogens with one attached hydrogen (secondary N) is 1. The third kappa shape index (κ3) is 3.96. The fourth-order valence-electron chi connectivity index (χ4n) is 3.26. The van der Waals surface area contributed by atoms with Crippen molar-refractivity contribution in [3.05, 3.63) is 40.1 Å². The molecular formula is C18H24N4O3S. The first-order chi connectivity index (χ1) is 12.6. The topological polar surface area (TPSA) is 76.5 Å². The number of ether oxygens (including phenoxy) is 1. The molecule has 3 rings (SSSR count). The van der Waals surface area contributed by atoms with Crippen molar-refractivity contribution in [2.24, 2.45) is 0 Å². The minimum Gasteiger partial charge on any atom is -0.375 e. The highest BCUT2D eigenvalue weighted by molar-refractivity contribution is 7.14. The van der Waals surface area contributed by atoms with E-state index in [1.807, 2.05) is 28.5 Å². The lowest BCUT2D eigenvalue weighted by molar-refractivity contribution is -0.136. The van der Waals surface area contributed by atoms with Gasteiger partial charge in [0.15, 0.2) is 0 Å². The highest BCUT2D eigenvalue weighted by atomic mass is 32.1. The number of carbonyl (C=O) groups excluding carboxylic acids is 2. The van der Waals surface area contributed by atoms with Crippen LogP contribution in [0, 0.1) is 0 Å². The highest BCUT2D eigenvalue weighted by Crippen LogP contribution is 2.36. The molecule has 26 heavy (non-hydrogen) atoms. The number of carbonyl (C=O) groups is 2. The summed E-state index contributed by atoms with van der Waals surface area (Å²) in [6.07, 6.45) is 5.42. The van der Waals surface area contributed by atoms with Crippen molar-refractivity contribution in [3.8, 4) is 0 Å². The van der Waals surface area contributed by atoms with Gasteiger partial charge >= 0.3 is 0 Å². The Morgan fingerprint density at radius 3 is 3.04 bits per heavy atom. The number of amides is 2. The predicted octanol–water partition coefficient (Wildman–Crippen LogP) is 2.20. The normalized spacial score (nSPS) is 16.8. The van der Waals surface area contributed by atoms with E-state index in [9.17, 15) is 9.59 Å². The Labute approximate surface area is 157 Å². The second kappa shape index (κ2) is 8.46. The van der Waals surface area contributed by atoms with Crippen LogP contribution in [0.2, 0.25) is 0 Å². The summed E-state index contributed by atoms with van der Waals surface area (Å²) in [6.45, 7) is 4.15. The largest absolute Gasteiger partial charge is 0.375 e. The van der Waals surface area contributed by atoms with Crippen molar-refractivity contribution in [3.63, 3.8) is 0 Å². The first kappa shape index (κ1) is 18.6. The SMILES string of the molecule is CCn1cncc1CNC(=O)c1ccc([C@@H]2CCCN2C(=O)COC)s1. The van der Waals surface area contributed by atoms with E-state index in [0.717, 1.165) is 36.5 Å². The molecule has 1 atom stereocenters. The molecule has 1 aliphatic heterocycles. The molecule has 140 valence electrons. The molecule has 0 bridgehead atoms. The van der Waals surface area contributed by atoms with Crippen LogP contribution >= 0.6 is 11.3 Å². The third-order valence-corrected chi connectivity index (χ3v) is 5.77. The Morgan fingerprint density at radius 1 is 1.42 bits per heavy atom. The zero-order chi connectivity index (χ0) is 18.5. The van der Waals surface area contributed by atoms with E-state index in [4.69, 9.17) is 4.74 Å². The van der Waals surface area contributed by atoms with Crippen LogP contribution in [0.1, 0.15) is 46.0 Å². The molecule has 0 radical (unpaired) electrons. The Kier molecular flexibility index (Phi) is 6.05. The van der Waals surface area contributed by atoms with E-state index in [1.54, 1.807) is 12.5 Å². The summed E-state index contributed by atoms with van der Waals surface area (Å²) < 4.78 is 6.97. The molecule has 2 aromatic heterocycles. The quantitative estimate of drug-likeness (QED) is 0.804. The fourth-order valence-corrected chi connectivity index (χ4v) is 4.33. The number of imidazole rings is 1. The van der Waals surface area contributed by atoms with Gasteiger partial charge in [0, 0.05) is 31.3 Å². The van der Waals surface area contributed by atoms with Gasteiger partial charge in [0.2, 0.25) is 5.91 Å². The van der Waals surface area contributed by atoms with Gasteiger partial charge in [0.1, 0.15) is 6.61 Å². The summed E-state index contributed by atoms with van der Waals surface area (Å²) in [5.41, 5.74) is 0.977. The van der Waals surface area contributed by atoms with Gasteiger partial charge in [0.05, 0.1) is 29.5 Å². The number of aryl methyl sites for hydroxylation is 1. The lowest BCUT2D eigenvalue weighted by Gasteiger charge is -2.23. The molecule has 8 heteroatoms. The molecule has 2 aromatic rings. The third-order valence-electron chi connectivity index (χ3n) is 4.59. The number of aromatic nitrogens is 2. The van der Waals surface area contributed by atoms with Gasteiger partial charge in [-0.25, -0.2) is 4.98 Å². The summed E-state index contributed by atoms with van der Waals surface area (Å²) in [7, 11) is 1.53. The average Bonchev–Trinajstić information content (AvgIpc) is 3.39. The minimum atomic E-state index is -0.0992. The number of hydrogen-bond donors (Lipinski definition) is 1. The Bertz CT molecular complexity index is 770. The molecule has 0 aliphatic carbocycles. The van der Waals surface area contributed by atoms with Gasteiger partial charge in [-0.2, -0.15) is 0 Å². The first-order valence-corrected chi connectivity index (χ1v) is 9.61. The van der Waals surface area contributed by atoms with Gasteiger partial charge in [-0.3, -0.25) is 9.59 Å². The lowest BCUT2D eigenvalue weighted by atomic mass is 10.2. The maximum atomic E-state index is 12.5. The smallest absolute Gasteiger partial charge is 0.261 e. The van der Waals surface area contributed by atoms with Crippen LogP contribution in [0.5, 0.6) is 0 Å². The molecule has 0 spiro atoms. The number of methoxy groups -OCH3 is 1. The highest BCUT2D eigenvalue weighted by Gasteiger charge is 2.31. The zero-order valence-electron chi connectivity index (χ0n) is 15.1. The van der Waals surface area contributed by atoms with E-state index in [-0.39, 0.29) is 24.5 Å². The van der Waals surface area contributed by atoms with E-state index < -0.39 is 0 Å². The van der Waals surface area contributed by atoms with Gasteiger partial charge < -0.3 is 19.5 Å². The molecule has 0 aromatic carbocycles. The summed E-state index contributed by atoms with van der Waals surface area (Å²) in [5.74, 6) is -0.0971. The van der Waals surface area contributed by atoms with E-state index in [2.05, 4.69) is 10.3 Å². The molecule has 1 saturated heterocycles. The molecule has 2 amide bonds. The Morgan fingerprint density at radius 2 is 2.27 bits per heavy atom. The number of nitrogens with zero attached hydrogens (tertiary/aromatic N) is 3. The van der Waals surface area contributed by atoms with Gasteiger partial charge in [-0.05, 0) is 31.9 Å². The fraction of sp³-hybridized carbons (Fsp3) is 0.500. The van der Waals surface area contributed by atoms with Crippen molar-refractivity contribution in [1.82, 2.24) is 19.8 Å². The monoisotopic (exact) mass is 376 g/mol. The second-order valence-corrected chi connectivity index (χ2v) is 7.35. The van der Waals surface area contributed by atoms with Crippen molar-refractivity contribution in [2.45, 2.75) is 38.9 Å². The maximum Gasteiger partial charge on any atom is 0.261 e. The van der Waals surface area contributed by atoms with Crippen LogP contribution in [0.3, 0.4) is 0 Å². The number of thiophene rings is 1. The Balaban J connectivity index is 1.63. The lowest BCUT2D eigenvalue weighted by Crippen LogP contribution is -2.32. The molecule has 7 nitrogen and oxygen atoms in total. The zero-order valence-corrected chi connectivity index (χ0v) is 15.9. The van der Waals surface area contributed by atoms with Gasteiger partial charge in [-0.1, -0.05) is 0 Å². The van der Waals surface area contributed by atoms with Crippen LogP contribution in [0.15, 0.2) is 24.7 Å². The molecule has 1 fully saturated rings. The first-order valence-electron chi connectivity index (χ1n) is 8.79. The van der Waals surface area contributed by atoms with Crippen LogP contribution in [0.25, 0.3) is 0 Å². The van der Waals surface area contributed by atoms with Crippen molar-refractivity contribution in [1.29, 1.82) is 0 Å². The number of likely N-dealkylation sites (tertiary alicyclic amines) is 1. The van der Waals surface area contributed by atoms with Crippen LogP contribution in [-0.4, -0.2) is 46.5 Å². The molecule has 0 unspecified atom stereocenters. The van der Waals surface area contributed by atoms with Crippen molar-refractivity contribution < 1.29 is 14.3 Å². The second-order valence-electron chi connectivity index (χ2n) is 6.23. The average molecular weight is 376 g/mol. The van der Waals surface area contributed by atoms with Crippen LogP contribution < -0.4 is 5.32 Å². The molecule has 3 heterocycles. The predicted molar refractivity (Wildman–Crippen MR) is 99.0 cm³/mol. The van der Waals surface area contributed by atoms with E-state index >= 15 is 0 Å².